The summed E-state index contributed by atoms with van der Waals surface area (Å²) in [5.74, 6) is 0.183. The van der Waals surface area contributed by atoms with Gasteiger partial charge in [0.1, 0.15) is 23.0 Å². The van der Waals surface area contributed by atoms with Gasteiger partial charge in [-0.15, -0.1) is 0 Å². The molecule has 8 nitrogen and oxygen atoms in total. The first-order chi connectivity index (χ1) is 30.5. The average Bonchev–Trinajstić information content (AvgIpc) is 3.33. The van der Waals surface area contributed by atoms with Crippen LogP contribution in [-0.4, -0.2) is 23.9 Å². The van der Waals surface area contributed by atoms with Crippen molar-refractivity contribution in [3.63, 3.8) is 0 Å². The molecule has 0 atom stereocenters. The molecule has 0 aliphatic heterocycles. The molecule has 0 heterocycles. The van der Waals surface area contributed by atoms with Gasteiger partial charge in [0, 0.05) is 0 Å². The van der Waals surface area contributed by atoms with Gasteiger partial charge in [-0.2, -0.15) is 0 Å². The monoisotopic (exact) mass is 838 g/mol. The minimum absolute atomic E-state index is 0.383. The normalized spacial score (nSPS) is 10.5. The standard InChI is InChI=1S/C30H26O4.C25H24O4/c1-3-21-5-9-25(10-6-21)29(31)33-27-17-13-23(14-18-27)24-15-19-28(20-16-24)34-30(32)26-11-7-22(4-2)8-12-26;1-4-18-6-10-20(11-7-18)24(26)28-22-14-15-23(17(3)16-22)29-25(27)21-12-8-19(5-2)9-13-21/h5-20H,3-4H2,1-2H3;6-16H,4-5H2,1-3H3. The molecule has 0 radical (unpaired) electrons. The number of aryl methyl sites for hydroxylation is 5. The van der Waals surface area contributed by atoms with Crippen molar-refractivity contribution in [2.45, 2.75) is 60.3 Å². The van der Waals surface area contributed by atoms with Crippen LogP contribution >= 0.6 is 0 Å². The van der Waals surface area contributed by atoms with Crippen molar-refractivity contribution in [1.82, 2.24) is 0 Å². The molecule has 0 saturated heterocycles. The van der Waals surface area contributed by atoms with Crippen LogP contribution in [0.15, 0.2) is 164 Å². The van der Waals surface area contributed by atoms with Crippen LogP contribution in [0, 0.1) is 6.92 Å². The zero-order valence-corrected chi connectivity index (χ0v) is 36.2. The smallest absolute Gasteiger partial charge is 0.343 e. The Hall–Kier alpha value is -7.58. The van der Waals surface area contributed by atoms with E-state index in [2.05, 4.69) is 27.7 Å². The molecule has 7 aromatic carbocycles. The van der Waals surface area contributed by atoms with E-state index in [0.29, 0.717) is 50.8 Å². The number of hydrogen-bond acceptors (Lipinski definition) is 8. The maximum Gasteiger partial charge on any atom is 0.343 e. The Kier molecular flexibility index (Phi) is 15.6. The predicted molar refractivity (Wildman–Crippen MR) is 246 cm³/mol. The van der Waals surface area contributed by atoms with Crippen molar-refractivity contribution in [3.8, 4) is 34.1 Å². The molecular formula is C55H50O8. The second kappa shape index (κ2) is 21.8. The van der Waals surface area contributed by atoms with Gasteiger partial charge in [0.05, 0.1) is 22.3 Å². The fourth-order valence-corrected chi connectivity index (χ4v) is 6.39. The van der Waals surface area contributed by atoms with Crippen LogP contribution in [0.1, 0.15) is 96.9 Å². The van der Waals surface area contributed by atoms with Gasteiger partial charge < -0.3 is 18.9 Å². The maximum atomic E-state index is 12.4. The van der Waals surface area contributed by atoms with Gasteiger partial charge in [0.25, 0.3) is 0 Å². The van der Waals surface area contributed by atoms with Crippen LogP contribution in [0.4, 0.5) is 0 Å². The lowest BCUT2D eigenvalue weighted by molar-refractivity contribution is 0.0718. The van der Waals surface area contributed by atoms with E-state index in [4.69, 9.17) is 18.9 Å². The van der Waals surface area contributed by atoms with E-state index < -0.39 is 11.9 Å². The SMILES string of the molecule is CCc1ccc(C(=O)Oc2ccc(-c3ccc(OC(=O)c4ccc(CC)cc4)cc3)cc2)cc1.CCc1ccc(C(=O)Oc2ccc(OC(=O)c3ccc(CC)cc3)c(C)c2)cc1. The lowest BCUT2D eigenvalue weighted by Gasteiger charge is -2.10. The highest BCUT2D eigenvalue weighted by Gasteiger charge is 2.14. The molecule has 0 N–H and O–H groups in total. The highest BCUT2D eigenvalue weighted by atomic mass is 16.5. The Bertz CT molecular complexity index is 2520. The molecule has 0 spiro atoms. The highest BCUT2D eigenvalue weighted by Crippen LogP contribution is 2.27. The summed E-state index contributed by atoms with van der Waals surface area (Å²) in [7, 11) is 0. The van der Waals surface area contributed by atoms with Gasteiger partial charge >= 0.3 is 23.9 Å². The van der Waals surface area contributed by atoms with Crippen LogP contribution in [0.5, 0.6) is 23.0 Å². The third-order valence-electron chi connectivity index (χ3n) is 10.4. The number of ether oxygens (including phenoxy) is 4. The zero-order valence-electron chi connectivity index (χ0n) is 36.2. The molecule has 0 aromatic heterocycles. The molecule has 318 valence electrons. The van der Waals surface area contributed by atoms with Gasteiger partial charge in [-0.05, 0) is 163 Å². The second-order valence-electron chi connectivity index (χ2n) is 14.7. The van der Waals surface area contributed by atoms with Gasteiger partial charge in [0.15, 0.2) is 0 Å². The van der Waals surface area contributed by atoms with Crippen LogP contribution in [0.3, 0.4) is 0 Å². The molecule has 63 heavy (non-hydrogen) atoms. The minimum atomic E-state index is -0.423. The molecular weight excluding hydrogens is 789 g/mol. The number of benzene rings is 7. The number of esters is 4. The molecule has 0 aliphatic carbocycles. The first kappa shape index (κ1) is 45.0. The third-order valence-corrected chi connectivity index (χ3v) is 10.4. The van der Waals surface area contributed by atoms with E-state index in [1.165, 1.54) is 11.1 Å². The molecule has 8 heteroatoms. The van der Waals surface area contributed by atoms with Crippen molar-refractivity contribution in [2.24, 2.45) is 0 Å². The third kappa shape index (κ3) is 12.5. The first-order valence-electron chi connectivity index (χ1n) is 21.1. The quantitative estimate of drug-likeness (QED) is 0.0835. The average molecular weight is 839 g/mol. The van der Waals surface area contributed by atoms with E-state index in [9.17, 15) is 19.2 Å². The van der Waals surface area contributed by atoms with Gasteiger partial charge in [-0.3, -0.25) is 0 Å². The topological polar surface area (TPSA) is 105 Å². The number of carbonyl (C=O) groups excluding carboxylic acids is 4. The van der Waals surface area contributed by atoms with Crippen LogP contribution in [-0.2, 0) is 25.7 Å². The predicted octanol–water partition coefficient (Wildman–Crippen LogP) is 12.5. The van der Waals surface area contributed by atoms with E-state index in [1.807, 2.05) is 72.8 Å². The van der Waals surface area contributed by atoms with Gasteiger partial charge in [-0.25, -0.2) is 19.2 Å². The zero-order chi connectivity index (χ0) is 44.7. The molecule has 0 saturated carbocycles. The number of hydrogen-bond donors (Lipinski definition) is 0. The van der Waals surface area contributed by atoms with E-state index in [0.717, 1.165) is 47.9 Å². The van der Waals surface area contributed by atoms with E-state index in [-0.39, 0.29) is 11.9 Å². The molecule has 0 fully saturated rings. The minimum Gasteiger partial charge on any atom is -0.423 e. The van der Waals surface area contributed by atoms with Crippen molar-refractivity contribution in [1.29, 1.82) is 0 Å². The van der Waals surface area contributed by atoms with Crippen molar-refractivity contribution >= 4 is 23.9 Å². The van der Waals surface area contributed by atoms with E-state index in [1.54, 1.807) is 97.9 Å². The molecule has 0 bridgehead atoms. The Morgan fingerprint density at radius 3 is 0.889 bits per heavy atom. The molecule has 0 unspecified atom stereocenters. The number of rotatable bonds is 13. The summed E-state index contributed by atoms with van der Waals surface area (Å²) in [5.41, 5.74) is 9.31. The fourth-order valence-electron chi connectivity index (χ4n) is 6.39. The van der Waals surface area contributed by atoms with Gasteiger partial charge in [0.2, 0.25) is 0 Å². The summed E-state index contributed by atoms with van der Waals surface area (Å²) < 4.78 is 21.9. The Morgan fingerprint density at radius 1 is 0.333 bits per heavy atom. The molecule has 0 aliphatic rings. The first-order valence-corrected chi connectivity index (χ1v) is 21.1. The highest BCUT2D eigenvalue weighted by molar-refractivity contribution is 5.93. The fraction of sp³-hybridized carbons (Fsp3) is 0.164. The van der Waals surface area contributed by atoms with Crippen LogP contribution < -0.4 is 18.9 Å². The summed E-state index contributed by atoms with van der Waals surface area (Å²) in [6, 6.07) is 49.1. The van der Waals surface area contributed by atoms with Crippen molar-refractivity contribution in [2.75, 3.05) is 0 Å². The lowest BCUT2D eigenvalue weighted by Crippen LogP contribution is -2.10. The van der Waals surface area contributed by atoms with Crippen LogP contribution in [0.25, 0.3) is 11.1 Å². The number of carbonyl (C=O) groups is 4. The Balaban J connectivity index is 0.000000213. The second-order valence-corrected chi connectivity index (χ2v) is 14.7. The largest absolute Gasteiger partial charge is 0.423 e. The van der Waals surface area contributed by atoms with Gasteiger partial charge in [-0.1, -0.05) is 100 Å². The maximum absolute atomic E-state index is 12.4. The molecule has 7 aromatic rings. The van der Waals surface area contributed by atoms with Crippen molar-refractivity contribution < 1.29 is 38.1 Å². The summed E-state index contributed by atoms with van der Waals surface area (Å²) in [5, 5.41) is 0. The Labute approximate surface area is 369 Å². The van der Waals surface area contributed by atoms with Crippen LogP contribution in [0.2, 0.25) is 0 Å². The summed E-state index contributed by atoms with van der Waals surface area (Å²) >= 11 is 0. The molecule has 0 amide bonds. The van der Waals surface area contributed by atoms with E-state index >= 15 is 0 Å². The summed E-state index contributed by atoms with van der Waals surface area (Å²) in [4.78, 5) is 49.4. The Morgan fingerprint density at radius 2 is 0.603 bits per heavy atom. The summed E-state index contributed by atoms with van der Waals surface area (Å²) in [6.45, 7) is 10.1. The lowest BCUT2D eigenvalue weighted by atomic mass is 10.1. The molecule has 7 rings (SSSR count). The van der Waals surface area contributed by atoms with Crippen molar-refractivity contribution in [3.05, 3.63) is 214 Å². The summed E-state index contributed by atoms with van der Waals surface area (Å²) in [6.07, 6.45) is 3.68.